The van der Waals surface area contributed by atoms with Crippen LogP contribution in [0.4, 0.5) is 0 Å². The number of aromatic nitrogens is 1. The topological polar surface area (TPSA) is 59.1 Å². The number of rotatable bonds is 4. The van der Waals surface area contributed by atoms with Gasteiger partial charge in [-0.05, 0) is 19.1 Å². The highest BCUT2D eigenvalue weighted by Crippen LogP contribution is 2.10. The van der Waals surface area contributed by atoms with Crippen LogP contribution in [0.3, 0.4) is 0 Å². The van der Waals surface area contributed by atoms with Gasteiger partial charge in [-0.15, -0.1) is 11.8 Å². The summed E-state index contributed by atoms with van der Waals surface area (Å²) in [6.45, 7) is 1.99. The lowest BCUT2D eigenvalue weighted by Gasteiger charge is -2.04. The SMILES string of the molecule is CC#CCCNS(=O)(=O)c1ccc(Cl)nc1. The number of sulfonamides is 1. The van der Waals surface area contributed by atoms with Gasteiger partial charge in [0.15, 0.2) is 0 Å². The van der Waals surface area contributed by atoms with E-state index in [9.17, 15) is 8.42 Å². The standard InChI is InChI=1S/C10H11ClN2O2S/c1-2-3-4-7-13-16(14,15)9-5-6-10(11)12-8-9/h5-6,8,13H,4,7H2,1H3. The Labute approximate surface area is 100 Å². The third kappa shape index (κ3) is 3.81. The van der Waals surface area contributed by atoms with Crippen molar-refractivity contribution >= 4 is 21.6 Å². The van der Waals surface area contributed by atoms with Crippen molar-refractivity contribution < 1.29 is 8.42 Å². The summed E-state index contributed by atoms with van der Waals surface area (Å²) in [7, 11) is -3.50. The van der Waals surface area contributed by atoms with E-state index in [-0.39, 0.29) is 16.6 Å². The summed E-state index contributed by atoms with van der Waals surface area (Å²) in [5.74, 6) is 5.45. The van der Waals surface area contributed by atoms with E-state index in [2.05, 4.69) is 21.5 Å². The molecule has 0 aromatic carbocycles. The molecule has 0 aliphatic rings. The Balaban J connectivity index is 2.69. The molecule has 0 atom stereocenters. The van der Waals surface area contributed by atoms with Crippen LogP contribution in [0.5, 0.6) is 0 Å². The Hall–Kier alpha value is -1.09. The summed E-state index contributed by atoms with van der Waals surface area (Å²) in [6, 6.07) is 2.84. The molecule has 0 amide bonds. The summed E-state index contributed by atoms with van der Waals surface area (Å²) < 4.78 is 25.7. The van der Waals surface area contributed by atoms with Crippen LogP contribution in [0, 0.1) is 11.8 Å². The van der Waals surface area contributed by atoms with E-state index >= 15 is 0 Å². The Kier molecular flexibility index (Phi) is 4.74. The molecule has 0 saturated carbocycles. The molecule has 6 heteroatoms. The monoisotopic (exact) mass is 258 g/mol. The van der Waals surface area contributed by atoms with Crippen molar-refractivity contribution in [1.29, 1.82) is 0 Å². The molecule has 0 saturated heterocycles. The lowest BCUT2D eigenvalue weighted by atomic mass is 10.4. The van der Waals surface area contributed by atoms with Crippen LogP contribution in [-0.4, -0.2) is 19.9 Å². The van der Waals surface area contributed by atoms with Gasteiger partial charge in [0.05, 0.1) is 0 Å². The highest BCUT2D eigenvalue weighted by Gasteiger charge is 2.12. The van der Waals surface area contributed by atoms with Crippen molar-refractivity contribution in [2.75, 3.05) is 6.54 Å². The minimum Gasteiger partial charge on any atom is -0.243 e. The van der Waals surface area contributed by atoms with Crippen molar-refractivity contribution in [1.82, 2.24) is 9.71 Å². The normalized spacial score (nSPS) is 10.6. The van der Waals surface area contributed by atoms with Crippen molar-refractivity contribution in [2.45, 2.75) is 18.2 Å². The second kappa shape index (κ2) is 5.85. The summed E-state index contributed by atoms with van der Waals surface area (Å²) >= 11 is 5.56. The molecular formula is C10H11ClN2O2S. The highest BCUT2D eigenvalue weighted by molar-refractivity contribution is 7.89. The molecule has 4 nitrogen and oxygen atoms in total. The van der Waals surface area contributed by atoms with E-state index in [1.54, 1.807) is 6.92 Å². The lowest BCUT2D eigenvalue weighted by molar-refractivity contribution is 0.582. The Morgan fingerprint density at radius 3 is 2.81 bits per heavy atom. The van der Waals surface area contributed by atoms with Crippen LogP contribution in [0.15, 0.2) is 23.2 Å². The maximum Gasteiger partial charge on any atom is 0.242 e. The number of halogens is 1. The second-order valence-electron chi connectivity index (χ2n) is 2.89. The van der Waals surface area contributed by atoms with Gasteiger partial charge in [-0.2, -0.15) is 0 Å². The predicted octanol–water partition coefficient (Wildman–Crippen LogP) is 1.43. The third-order valence-electron chi connectivity index (χ3n) is 1.73. The van der Waals surface area contributed by atoms with Crippen LogP contribution < -0.4 is 4.72 Å². The summed E-state index contributed by atoms with van der Waals surface area (Å²) in [5, 5.41) is 0.260. The van der Waals surface area contributed by atoms with Gasteiger partial charge in [0.2, 0.25) is 10.0 Å². The molecule has 0 bridgehead atoms. The molecule has 0 unspecified atom stereocenters. The fraction of sp³-hybridized carbons (Fsp3) is 0.300. The molecule has 1 aromatic rings. The zero-order valence-electron chi connectivity index (χ0n) is 8.70. The van der Waals surface area contributed by atoms with Crippen molar-refractivity contribution in [2.24, 2.45) is 0 Å². The van der Waals surface area contributed by atoms with Gasteiger partial charge >= 0.3 is 0 Å². The largest absolute Gasteiger partial charge is 0.243 e. The molecule has 86 valence electrons. The number of hydrogen-bond acceptors (Lipinski definition) is 3. The van der Waals surface area contributed by atoms with Gasteiger partial charge in [0.1, 0.15) is 10.0 Å². The predicted molar refractivity (Wildman–Crippen MR) is 62.5 cm³/mol. The van der Waals surface area contributed by atoms with Crippen LogP contribution in [0.1, 0.15) is 13.3 Å². The van der Waals surface area contributed by atoms with Crippen LogP contribution >= 0.6 is 11.6 Å². The Morgan fingerprint density at radius 2 is 2.25 bits per heavy atom. The molecular weight excluding hydrogens is 248 g/mol. The molecule has 1 aromatic heterocycles. The first-order chi connectivity index (χ1) is 7.56. The third-order valence-corrected chi connectivity index (χ3v) is 3.40. The van der Waals surface area contributed by atoms with E-state index in [0.29, 0.717) is 6.42 Å². The molecule has 1 heterocycles. The number of hydrogen-bond donors (Lipinski definition) is 1. The molecule has 0 spiro atoms. The van der Waals surface area contributed by atoms with Gasteiger partial charge in [0.25, 0.3) is 0 Å². The second-order valence-corrected chi connectivity index (χ2v) is 5.05. The maximum atomic E-state index is 11.7. The Bertz CT molecular complexity index is 500. The molecule has 1 N–H and O–H groups in total. The Morgan fingerprint density at radius 1 is 1.50 bits per heavy atom. The zero-order valence-corrected chi connectivity index (χ0v) is 10.3. The minimum absolute atomic E-state index is 0.0985. The summed E-state index contributed by atoms with van der Waals surface area (Å²) in [6.07, 6.45) is 1.70. The van der Waals surface area contributed by atoms with E-state index in [4.69, 9.17) is 11.6 Å². The quantitative estimate of drug-likeness (QED) is 0.505. The van der Waals surface area contributed by atoms with Gasteiger partial charge in [-0.3, -0.25) is 0 Å². The first-order valence-electron chi connectivity index (χ1n) is 4.57. The van der Waals surface area contributed by atoms with Crippen molar-refractivity contribution in [3.8, 4) is 11.8 Å². The minimum atomic E-state index is -3.50. The van der Waals surface area contributed by atoms with Crippen molar-refractivity contribution in [3.05, 3.63) is 23.5 Å². The van der Waals surface area contributed by atoms with E-state index < -0.39 is 10.0 Å². The average molecular weight is 259 g/mol. The van der Waals surface area contributed by atoms with E-state index in [1.807, 2.05) is 0 Å². The maximum absolute atomic E-state index is 11.7. The molecule has 1 rings (SSSR count). The van der Waals surface area contributed by atoms with Gasteiger partial charge in [0, 0.05) is 19.2 Å². The van der Waals surface area contributed by atoms with E-state index in [1.165, 1.54) is 18.3 Å². The van der Waals surface area contributed by atoms with Gasteiger partial charge < -0.3 is 0 Å². The summed E-state index contributed by atoms with van der Waals surface area (Å²) in [5.41, 5.74) is 0. The first-order valence-corrected chi connectivity index (χ1v) is 6.43. The molecule has 16 heavy (non-hydrogen) atoms. The number of nitrogens with one attached hydrogen (secondary N) is 1. The zero-order chi connectivity index (χ0) is 12.0. The lowest BCUT2D eigenvalue weighted by Crippen LogP contribution is -2.24. The van der Waals surface area contributed by atoms with Gasteiger partial charge in [-0.25, -0.2) is 18.1 Å². The fourth-order valence-electron chi connectivity index (χ4n) is 0.977. The van der Waals surface area contributed by atoms with Crippen LogP contribution in [-0.2, 0) is 10.0 Å². The molecule has 0 fully saturated rings. The number of pyridine rings is 1. The van der Waals surface area contributed by atoms with Gasteiger partial charge in [-0.1, -0.05) is 11.6 Å². The van der Waals surface area contributed by atoms with Crippen LogP contribution in [0.25, 0.3) is 0 Å². The molecule has 0 aliphatic heterocycles. The smallest absolute Gasteiger partial charge is 0.242 e. The number of nitrogens with zero attached hydrogens (tertiary/aromatic N) is 1. The summed E-state index contributed by atoms with van der Waals surface area (Å²) in [4.78, 5) is 3.81. The van der Waals surface area contributed by atoms with Crippen LogP contribution in [0.2, 0.25) is 5.15 Å². The van der Waals surface area contributed by atoms with E-state index in [0.717, 1.165) is 0 Å². The fourth-order valence-corrected chi connectivity index (χ4v) is 2.07. The highest BCUT2D eigenvalue weighted by atomic mass is 35.5. The average Bonchev–Trinajstić information content (AvgIpc) is 2.25. The molecule has 0 aliphatic carbocycles. The molecule has 0 radical (unpaired) electrons. The van der Waals surface area contributed by atoms with Crippen molar-refractivity contribution in [3.63, 3.8) is 0 Å². The first kappa shape index (κ1) is 13.0.